The second-order valence-electron chi connectivity index (χ2n) is 9.46. The molecule has 0 unspecified atom stereocenters. The van der Waals surface area contributed by atoms with Crippen LogP contribution in [0.2, 0.25) is 0 Å². The van der Waals surface area contributed by atoms with E-state index in [0.29, 0.717) is 11.1 Å². The summed E-state index contributed by atoms with van der Waals surface area (Å²) in [6, 6.07) is 14.2. The van der Waals surface area contributed by atoms with Crippen molar-refractivity contribution in [3.63, 3.8) is 0 Å². The molecule has 31 heavy (non-hydrogen) atoms. The molecule has 0 radical (unpaired) electrons. The average molecular weight is 421 g/mol. The van der Waals surface area contributed by atoms with Gasteiger partial charge < -0.3 is 14.2 Å². The van der Waals surface area contributed by atoms with Gasteiger partial charge in [-0.1, -0.05) is 18.2 Å². The molecular formula is C26H28O5. The summed E-state index contributed by atoms with van der Waals surface area (Å²) in [4.78, 5) is 24.7. The van der Waals surface area contributed by atoms with Crippen LogP contribution in [0, 0.1) is 17.8 Å². The third-order valence-electron chi connectivity index (χ3n) is 7.43. The maximum absolute atomic E-state index is 12.7. The monoisotopic (exact) mass is 420 g/mol. The van der Waals surface area contributed by atoms with Crippen molar-refractivity contribution < 1.29 is 23.8 Å². The molecule has 2 aromatic rings. The topological polar surface area (TPSA) is 61.8 Å². The first kappa shape index (κ1) is 20.1. The van der Waals surface area contributed by atoms with Gasteiger partial charge in [-0.2, -0.15) is 0 Å². The molecular weight excluding hydrogens is 392 g/mol. The van der Waals surface area contributed by atoms with Crippen LogP contribution in [0.25, 0.3) is 0 Å². The summed E-state index contributed by atoms with van der Waals surface area (Å²) in [6.45, 7) is -0.411. The molecule has 162 valence electrons. The Morgan fingerprint density at radius 2 is 1.42 bits per heavy atom. The lowest BCUT2D eigenvalue weighted by Crippen LogP contribution is -2.48. The number of hydrogen-bond acceptors (Lipinski definition) is 5. The molecule has 4 aliphatic rings. The fourth-order valence-electron chi connectivity index (χ4n) is 6.57. The Bertz CT molecular complexity index is 945. The Kier molecular flexibility index (Phi) is 5.20. The summed E-state index contributed by atoms with van der Waals surface area (Å²) in [6.07, 6.45) is 7.62. The Morgan fingerprint density at radius 3 is 2.00 bits per heavy atom. The molecule has 5 nitrogen and oxygen atoms in total. The van der Waals surface area contributed by atoms with E-state index >= 15 is 0 Å². The van der Waals surface area contributed by atoms with Gasteiger partial charge in [-0.25, -0.2) is 9.59 Å². The Hall–Kier alpha value is -2.82. The van der Waals surface area contributed by atoms with Crippen LogP contribution in [0.3, 0.4) is 0 Å². The molecule has 0 heterocycles. The van der Waals surface area contributed by atoms with Crippen LogP contribution in [0.5, 0.6) is 5.75 Å². The highest BCUT2D eigenvalue weighted by Crippen LogP contribution is 2.61. The first-order valence-electron chi connectivity index (χ1n) is 11.1. The molecule has 4 bridgehead atoms. The lowest BCUT2D eigenvalue weighted by atomic mass is 9.48. The Labute approximate surface area is 182 Å². The minimum atomic E-state index is -0.516. The number of ether oxygens (including phenoxy) is 3. The lowest BCUT2D eigenvalue weighted by Gasteiger charge is -2.57. The van der Waals surface area contributed by atoms with Crippen molar-refractivity contribution in [1.29, 1.82) is 0 Å². The van der Waals surface area contributed by atoms with Crippen molar-refractivity contribution in [2.75, 3.05) is 13.9 Å². The van der Waals surface area contributed by atoms with Crippen molar-refractivity contribution in [2.45, 2.75) is 43.9 Å². The summed E-state index contributed by atoms with van der Waals surface area (Å²) in [5.74, 6) is 2.23. The van der Waals surface area contributed by atoms with Crippen LogP contribution in [-0.4, -0.2) is 25.8 Å². The van der Waals surface area contributed by atoms with Crippen molar-refractivity contribution >= 4 is 11.9 Å². The molecule has 0 atom stereocenters. The second-order valence-corrected chi connectivity index (χ2v) is 9.46. The van der Waals surface area contributed by atoms with Crippen molar-refractivity contribution in [3.05, 3.63) is 65.2 Å². The standard InChI is InChI=1S/C26H28O5/c1-29-23-8-7-21(25(28)31-16-30-24(27)20-5-3-2-4-6-20)12-22(23)26-13-17-9-18(14-26)11-19(10-17)15-26/h2-8,12,17-19H,9-11,13-16H2,1H3. The predicted octanol–water partition coefficient (Wildman–Crippen LogP) is 5.13. The number of carbonyl (C=O) groups excluding carboxylic acids is 2. The maximum Gasteiger partial charge on any atom is 0.341 e. The van der Waals surface area contributed by atoms with Crippen LogP contribution < -0.4 is 4.74 Å². The molecule has 0 aromatic heterocycles. The number of benzene rings is 2. The molecule has 4 saturated carbocycles. The van der Waals surface area contributed by atoms with Crippen molar-refractivity contribution in [3.8, 4) is 5.75 Å². The predicted molar refractivity (Wildman–Crippen MR) is 115 cm³/mol. The van der Waals surface area contributed by atoms with Gasteiger partial charge in [-0.3, -0.25) is 0 Å². The van der Waals surface area contributed by atoms with Gasteiger partial charge >= 0.3 is 11.9 Å². The van der Waals surface area contributed by atoms with Gasteiger partial charge in [0.25, 0.3) is 0 Å². The van der Waals surface area contributed by atoms with E-state index in [2.05, 4.69) is 0 Å². The van der Waals surface area contributed by atoms with E-state index in [1.165, 1.54) is 38.5 Å². The normalized spacial score (nSPS) is 28.2. The highest BCUT2D eigenvalue weighted by molar-refractivity contribution is 5.91. The molecule has 0 aliphatic heterocycles. The Morgan fingerprint density at radius 1 is 0.839 bits per heavy atom. The van der Waals surface area contributed by atoms with Crippen molar-refractivity contribution in [1.82, 2.24) is 0 Å². The van der Waals surface area contributed by atoms with Gasteiger partial charge in [-0.05, 0) is 92.0 Å². The van der Waals surface area contributed by atoms with Crippen LogP contribution in [0.1, 0.15) is 64.8 Å². The smallest absolute Gasteiger partial charge is 0.341 e. The zero-order chi connectivity index (χ0) is 21.4. The first-order chi connectivity index (χ1) is 15.1. The highest BCUT2D eigenvalue weighted by atomic mass is 16.7. The van der Waals surface area contributed by atoms with Crippen LogP contribution in [-0.2, 0) is 14.9 Å². The molecule has 4 fully saturated rings. The summed E-state index contributed by atoms with van der Waals surface area (Å²) in [5, 5.41) is 0. The van der Waals surface area contributed by atoms with Crippen molar-refractivity contribution in [2.24, 2.45) is 17.8 Å². The summed E-state index contributed by atoms with van der Waals surface area (Å²) >= 11 is 0. The zero-order valence-corrected chi connectivity index (χ0v) is 17.8. The average Bonchev–Trinajstić information content (AvgIpc) is 2.78. The Balaban J connectivity index is 1.30. The van der Waals surface area contributed by atoms with Gasteiger partial charge in [0.1, 0.15) is 5.75 Å². The van der Waals surface area contributed by atoms with Gasteiger partial charge in [0.2, 0.25) is 6.79 Å². The fraction of sp³-hybridized carbons (Fsp3) is 0.462. The molecule has 6 rings (SSSR count). The minimum absolute atomic E-state index is 0.107. The maximum atomic E-state index is 12.7. The number of methoxy groups -OCH3 is 1. The largest absolute Gasteiger partial charge is 0.496 e. The van der Waals surface area contributed by atoms with E-state index < -0.39 is 18.7 Å². The molecule has 0 saturated heterocycles. The summed E-state index contributed by atoms with van der Waals surface area (Å²) in [7, 11) is 1.69. The van der Waals surface area contributed by atoms with E-state index in [9.17, 15) is 9.59 Å². The van der Waals surface area contributed by atoms with E-state index in [1.54, 1.807) is 37.4 Å². The van der Waals surface area contributed by atoms with Crippen LogP contribution in [0.15, 0.2) is 48.5 Å². The summed E-state index contributed by atoms with van der Waals surface area (Å²) in [5.41, 5.74) is 2.15. The van der Waals surface area contributed by atoms with Gasteiger partial charge in [0, 0.05) is 5.56 Å². The quantitative estimate of drug-likeness (QED) is 0.479. The minimum Gasteiger partial charge on any atom is -0.496 e. The fourth-order valence-corrected chi connectivity index (χ4v) is 6.57. The lowest BCUT2D eigenvalue weighted by molar-refractivity contribution is -0.0168. The number of hydrogen-bond donors (Lipinski definition) is 0. The van der Waals surface area contributed by atoms with E-state index in [-0.39, 0.29) is 5.41 Å². The molecule has 4 aliphatic carbocycles. The molecule has 0 spiro atoms. The van der Waals surface area contributed by atoms with Gasteiger partial charge in [-0.15, -0.1) is 0 Å². The number of esters is 2. The SMILES string of the molecule is COc1ccc(C(=O)OCOC(=O)c2ccccc2)cc1C12CC3CC(CC(C3)C1)C2. The third kappa shape index (κ3) is 3.82. The highest BCUT2D eigenvalue weighted by Gasteiger charge is 2.52. The molecule has 0 N–H and O–H groups in total. The number of carbonyl (C=O) groups is 2. The molecule has 0 amide bonds. The third-order valence-corrected chi connectivity index (χ3v) is 7.43. The van der Waals surface area contributed by atoms with E-state index in [4.69, 9.17) is 14.2 Å². The zero-order valence-electron chi connectivity index (χ0n) is 17.8. The molecule has 2 aromatic carbocycles. The van der Waals surface area contributed by atoms with Gasteiger partial charge in [0.05, 0.1) is 18.2 Å². The van der Waals surface area contributed by atoms with E-state index in [1.807, 2.05) is 18.2 Å². The van der Waals surface area contributed by atoms with Crippen LogP contribution >= 0.6 is 0 Å². The van der Waals surface area contributed by atoms with Crippen LogP contribution in [0.4, 0.5) is 0 Å². The van der Waals surface area contributed by atoms with Gasteiger partial charge in [0.15, 0.2) is 0 Å². The molecule has 5 heteroatoms. The van der Waals surface area contributed by atoms with E-state index in [0.717, 1.165) is 29.1 Å². The number of rotatable bonds is 6. The summed E-state index contributed by atoms with van der Waals surface area (Å²) < 4.78 is 16.0. The second kappa shape index (κ2) is 8.03. The first-order valence-corrected chi connectivity index (χ1v) is 11.1.